The quantitative estimate of drug-likeness (QED) is 0.277. The van der Waals surface area contributed by atoms with E-state index in [2.05, 4.69) is 36.6 Å². The molecule has 9 heteroatoms. The standard InChI is InChI=1S/C23H18BrClN6O/c24-17-13-29-31-21(12-20(30-22(17)31)16-3-1-2-4-18(16)25)27-9-10-28-23(32)15-5-6-19-14(11-15)7-8-26-19/h1-8,11-13,26-27H,9-10H2,(H,28,32). The summed E-state index contributed by atoms with van der Waals surface area (Å²) < 4.78 is 2.49. The number of hydrogen-bond acceptors (Lipinski definition) is 4. The van der Waals surface area contributed by atoms with E-state index in [0.717, 1.165) is 32.5 Å². The van der Waals surface area contributed by atoms with Gasteiger partial charge in [-0.05, 0) is 46.3 Å². The van der Waals surface area contributed by atoms with Gasteiger partial charge in [0.25, 0.3) is 5.91 Å². The lowest BCUT2D eigenvalue weighted by Crippen LogP contribution is -2.29. The number of aromatic nitrogens is 4. The molecule has 7 nitrogen and oxygen atoms in total. The predicted molar refractivity (Wildman–Crippen MR) is 130 cm³/mol. The Morgan fingerprint density at radius 3 is 2.88 bits per heavy atom. The number of amides is 1. The van der Waals surface area contributed by atoms with E-state index in [1.54, 1.807) is 10.7 Å². The number of nitrogens with zero attached hydrogens (tertiary/aromatic N) is 3. The molecule has 0 aliphatic heterocycles. The Balaban J connectivity index is 1.31. The average Bonchev–Trinajstić information content (AvgIpc) is 3.43. The minimum absolute atomic E-state index is 0.117. The second-order valence-electron chi connectivity index (χ2n) is 7.20. The molecule has 0 atom stereocenters. The van der Waals surface area contributed by atoms with Crippen LogP contribution in [0.15, 0.2) is 71.5 Å². The number of carbonyl (C=O) groups excluding carboxylic acids is 1. The van der Waals surface area contributed by atoms with Crippen molar-refractivity contribution in [1.29, 1.82) is 0 Å². The molecule has 0 unspecified atom stereocenters. The van der Waals surface area contributed by atoms with Crippen LogP contribution >= 0.6 is 27.5 Å². The molecular formula is C23H18BrClN6O. The lowest BCUT2D eigenvalue weighted by Gasteiger charge is -2.12. The molecule has 0 bridgehead atoms. The van der Waals surface area contributed by atoms with Crippen LogP contribution in [0.5, 0.6) is 0 Å². The summed E-state index contributed by atoms with van der Waals surface area (Å²) in [5.74, 6) is 0.631. The fraction of sp³-hybridized carbons (Fsp3) is 0.0870. The minimum Gasteiger partial charge on any atom is -0.368 e. The molecule has 160 valence electrons. The molecule has 5 aromatic rings. The zero-order chi connectivity index (χ0) is 22.1. The van der Waals surface area contributed by atoms with Crippen LogP contribution in [0.25, 0.3) is 27.8 Å². The predicted octanol–water partition coefficient (Wildman–Crippen LogP) is 5.14. The number of aromatic amines is 1. The lowest BCUT2D eigenvalue weighted by molar-refractivity contribution is 0.0955. The Morgan fingerprint density at radius 2 is 2.00 bits per heavy atom. The summed E-state index contributed by atoms with van der Waals surface area (Å²) in [4.78, 5) is 20.3. The topological polar surface area (TPSA) is 87.1 Å². The van der Waals surface area contributed by atoms with Gasteiger partial charge in [0.05, 0.1) is 16.4 Å². The second kappa shape index (κ2) is 8.64. The Kier molecular flexibility index (Phi) is 5.55. The third-order valence-corrected chi connectivity index (χ3v) is 6.00. The Bertz CT molecular complexity index is 1440. The summed E-state index contributed by atoms with van der Waals surface area (Å²) in [6, 6.07) is 17.0. The summed E-state index contributed by atoms with van der Waals surface area (Å²) in [5, 5.41) is 12.3. The largest absolute Gasteiger partial charge is 0.368 e. The smallest absolute Gasteiger partial charge is 0.251 e. The van der Waals surface area contributed by atoms with E-state index in [4.69, 9.17) is 16.6 Å². The molecule has 0 saturated carbocycles. The lowest BCUT2D eigenvalue weighted by atomic mass is 10.1. The highest BCUT2D eigenvalue weighted by Gasteiger charge is 2.13. The summed E-state index contributed by atoms with van der Waals surface area (Å²) in [7, 11) is 0. The maximum Gasteiger partial charge on any atom is 0.251 e. The van der Waals surface area contributed by atoms with Gasteiger partial charge in [0.2, 0.25) is 0 Å². The van der Waals surface area contributed by atoms with Crippen LogP contribution in [0.1, 0.15) is 10.4 Å². The first kappa shape index (κ1) is 20.5. The fourth-order valence-corrected chi connectivity index (χ4v) is 4.11. The van der Waals surface area contributed by atoms with Crippen molar-refractivity contribution in [3.05, 3.63) is 82.0 Å². The molecule has 0 fully saturated rings. The number of benzene rings is 2. The van der Waals surface area contributed by atoms with E-state index in [0.29, 0.717) is 29.3 Å². The van der Waals surface area contributed by atoms with Crippen molar-refractivity contribution in [2.24, 2.45) is 0 Å². The number of rotatable bonds is 6. The van der Waals surface area contributed by atoms with E-state index in [-0.39, 0.29) is 5.91 Å². The van der Waals surface area contributed by atoms with E-state index >= 15 is 0 Å². The molecule has 0 aliphatic rings. The van der Waals surface area contributed by atoms with Crippen LogP contribution in [-0.2, 0) is 0 Å². The molecule has 32 heavy (non-hydrogen) atoms. The Labute approximate surface area is 196 Å². The van der Waals surface area contributed by atoms with Crippen LogP contribution in [0.4, 0.5) is 5.82 Å². The van der Waals surface area contributed by atoms with Crippen molar-refractivity contribution in [1.82, 2.24) is 24.9 Å². The molecule has 0 radical (unpaired) electrons. The molecule has 1 amide bonds. The van der Waals surface area contributed by atoms with Crippen LogP contribution in [0, 0.1) is 0 Å². The highest BCUT2D eigenvalue weighted by molar-refractivity contribution is 9.10. The fourth-order valence-electron chi connectivity index (χ4n) is 3.53. The SMILES string of the molecule is O=C(NCCNc1cc(-c2ccccc2Cl)nc2c(Br)cnn12)c1ccc2[nH]ccc2c1. The number of nitrogens with one attached hydrogen (secondary N) is 3. The number of hydrogen-bond donors (Lipinski definition) is 3. The third-order valence-electron chi connectivity index (χ3n) is 5.11. The number of H-pyrrole nitrogens is 1. The molecule has 2 aromatic carbocycles. The molecular weight excluding hydrogens is 492 g/mol. The molecule has 3 aromatic heterocycles. The van der Waals surface area contributed by atoms with Gasteiger partial charge < -0.3 is 15.6 Å². The highest BCUT2D eigenvalue weighted by Crippen LogP contribution is 2.30. The normalized spacial score (nSPS) is 11.2. The van der Waals surface area contributed by atoms with Crippen molar-refractivity contribution in [3.8, 4) is 11.3 Å². The summed E-state index contributed by atoms with van der Waals surface area (Å²) in [5.41, 5.74) is 3.87. The first-order valence-electron chi connectivity index (χ1n) is 9.98. The monoisotopic (exact) mass is 508 g/mol. The first-order chi connectivity index (χ1) is 15.6. The third kappa shape index (κ3) is 3.94. The molecule has 0 saturated heterocycles. The molecule has 5 rings (SSSR count). The minimum atomic E-state index is -0.117. The van der Waals surface area contributed by atoms with Crippen molar-refractivity contribution in [2.75, 3.05) is 18.4 Å². The zero-order valence-electron chi connectivity index (χ0n) is 16.8. The van der Waals surface area contributed by atoms with Crippen LogP contribution < -0.4 is 10.6 Å². The van der Waals surface area contributed by atoms with Gasteiger partial charge in [-0.3, -0.25) is 4.79 Å². The van der Waals surface area contributed by atoms with E-state index in [1.807, 2.05) is 60.8 Å². The van der Waals surface area contributed by atoms with Crippen molar-refractivity contribution >= 4 is 55.8 Å². The van der Waals surface area contributed by atoms with Crippen LogP contribution in [0.3, 0.4) is 0 Å². The van der Waals surface area contributed by atoms with Gasteiger partial charge in [-0.2, -0.15) is 9.61 Å². The summed E-state index contributed by atoms with van der Waals surface area (Å²) >= 11 is 9.88. The van der Waals surface area contributed by atoms with Gasteiger partial charge in [-0.15, -0.1) is 0 Å². The van der Waals surface area contributed by atoms with Crippen molar-refractivity contribution in [3.63, 3.8) is 0 Å². The van der Waals surface area contributed by atoms with Gasteiger partial charge in [-0.1, -0.05) is 29.8 Å². The number of anilines is 1. The Morgan fingerprint density at radius 1 is 1.12 bits per heavy atom. The highest BCUT2D eigenvalue weighted by atomic mass is 79.9. The van der Waals surface area contributed by atoms with Gasteiger partial charge in [0.15, 0.2) is 5.65 Å². The van der Waals surface area contributed by atoms with Crippen LogP contribution in [0.2, 0.25) is 5.02 Å². The maximum absolute atomic E-state index is 12.5. The summed E-state index contributed by atoms with van der Waals surface area (Å²) in [6.45, 7) is 0.953. The van der Waals surface area contributed by atoms with Crippen LogP contribution in [-0.4, -0.2) is 38.6 Å². The number of carbonyl (C=O) groups is 1. The Hall–Kier alpha value is -3.36. The summed E-state index contributed by atoms with van der Waals surface area (Å²) in [6.07, 6.45) is 3.55. The van der Waals surface area contributed by atoms with Crippen molar-refractivity contribution in [2.45, 2.75) is 0 Å². The second-order valence-corrected chi connectivity index (χ2v) is 8.46. The van der Waals surface area contributed by atoms with Gasteiger partial charge >= 0.3 is 0 Å². The number of fused-ring (bicyclic) bond motifs is 2. The van der Waals surface area contributed by atoms with E-state index in [1.165, 1.54) is 0 Å². The molecule has 0 spiro atoms. The van der Waals surface area contributed by atoms with Gasteiger partial charge in [-0.25, -0.2) is 4.98 Å². The average molecular weight is 510 g/mol. The van der Waals surface area contributed by atoms with Gasteiger partial charge in [0.1, 0.15) is 5.82 Å². The molecule has 0 aliphatic carbocycles. The van der Waals surface area contributed by atoms with Crippen molar-refractivity contribution < 1.29 is 4.79 Å². The maximum atomic E-state index is 12.5. The number of halogens is 2. The molecule has 3 N–H and O–H groups in total. The zero-order valence-corrected chi connectivity index (χ0v) is 19.1. The molecule has 3 heterocycles. The van der Waals surface area contributed by atoms with E-state index < -0.39 is 0 Å². The van der Waals surface area contributed by atoms with E-state index in [9.17, 15) is 4.79 Å². The first-order valence-corrected chi connectivity index (χ1v) is 11.2. The van der Waals surface area contributed by atoms with Gasteiger partial charge in [0, 0.05) is 52.4 Å².